The quantitative estimate of drug-likeness (QED) is 0.605. The number of nitrogens with one attached hydrogen (secondary N) is 2. The van der Waals surface area contributed by atoms with Crippen LogP contribution in [-0.4, -0.2) is 27.8 Å². The highest BCUT2D eigenvalue weighted by Gasteiger charge is 2.15. The number of amides is 1. The third-order valence-corrected chi connectivity index (χ3v) is 3.57. The Morgan fingerprint density at radius 1 is 1.39 bits per heavy atom. The van der Waals surface area contributed by atoms with Crippen LogP contribution in [0, 0.1) is 0 Å². The van der Waals surface area contributed by atoms with Crippen LogP contribution in [0.3, 0.4) is 0 Å². The average Bonchev–Trinajstić information content (AvgIpc) is 3.00. The van der Waals surface area contributed by atoms with E-state index in [1.54, 1.807) is 18.5 Å². The molecule has 0 aliphatic heterocycles. The van der Waals surface area contributed by atoms with Gasteiger partial charge in [0.25, 0.3) is 11.5 Å². The molecule has 122 valence electrons. The number of nitrogens with zero attached hydrogens (tertiary/aromatic N) is 1. The smallest absolute Gasteiger partial charge is 0.275 e. The molecule has 0 unspecified atom stereocenters. The summed E-state index contributed by atoms with van der Waals surface area (Å²) in [7, 11) is 0. The third kappa shape index (κ3) is 3.97. The lowest BCUT2D eigenvalue weighted by atomic mass is 10.1. The van der Waals surface area contributed by atoms with Crippen LogP contribution in [0.2, 0.25) is 0 Å². The van der Waals surface area contributed by atoms with E-state index in [-0.39, 0.29) is 17.2 Å². The first-order valence-electron chi connectivity index (χ1n) is 7.64. The van der Waals surface area contributed by atoms with E-state index in [1.165, 1.54) is 11.5 Å². The molecule has 0 spiro atoms. The molecule has 0 aliphatic carbocycles. The van der Waals surface area contributed by atoms with Crippen molar-refractivity contribution in [2.45, 2.75) is 33.2 Å². The summed E-state index contributed by atoms with van der Waals surface area (Å²) in [5, 5.41) is 3.41. The van der Waals surface area contributed by atoms with Gasteiger partial charge in [-0.05, 0) is 26.3 Å². The lowest BCUT2D eigenvalue weighted by molar-refractivity contribution is -0.117. The molecule has 23 heavy (non-hydrogen) atoms. The monoisotopic (exact) mass is 315 g/mol. The van der Waals surface area contributed by atoms with Gasteiger partial charge in [-0.15, -0.1) is 0 Å². The van der Waals surface area contributed by atoms with E-state index in [9.17, 15) is 14.4 Å². The summed E-state index contributed by atoms with van der Waals surface area (Å²) >= 11 is 0. The predicted molar refractivity (Wildman–Crippen MR) is 89.6 cm³/mol. The maximum Gasteiger partial charge on any atom is 0.275 e. The SMILES string of the molecule is C/C=C/Cn1cc(C(=O)NCCCC(C)=O)c2cc[nH]c2c1=O. The Kier molecular flexibility index (Phi) is 5.51. The highest BCUT2D eigenvalue weighted by Crippen LogP contribution is 2.14. The summed E-state index contributed by atoms with van der Waals surface area (Å²) in [6, 6.07) is 1.72. The van der Waals surface area contributed by atoms with E-state index in [4.69, 9.17) is 0 Å². The highest BCUT2D eigenvalue weighted by molar-refractivity contribution is 6.05. The van der Waals surface area contributed by atoms with Crippen LogP contribution >= 0.6 is 0 Å². The van der Waals surface area contributed by atoms with Gasteiger partial charge in [-0.25, -0.2) is 0 Å². The number of carbonyl (C=O) groups excluding carboxylic acids is 2. The standard InChI is InChI=1S/C17H21N3O3/c1-3-4-10-20-11-14(13-7-9-18-15(13)17(20)23)16(22)19-8-5-6-12(2)21/h3-4,7,9,11,18H,5-6,8,10H2,1-2H3,(H,19,22)/b4-3+. The van der Waals surface area contributed by atoms with Gasteiger partial charge in [0.15, 0.2) is 0 Å². The van der Waals surface area contributed by atoms with E-state index in [2.05, 4.69) is 10.3 Å². The molecular formula is C17H21N3O3. The van der Waals surface area contributed by atoms with Crippen LogP contribution < -0.4 is 10.9 Å². The van der Waals surface area contributed by atoms with Gasteiger partial charge in [0.1, 0.15) is 11.3 Å². The number of H-pyrrole nitrogens is 1. The minimum absolute atomic E-state index is 0.104. The maximum absolute atomic E-state index is 12.4. The van der Waals surface area contributed by atoms with Crippen molar-refractivity contribution in [1.82, 2.24) is 14.9 Å². The number of aromatic nitrogens is 2. The summed E-state index contributed by atoms with van der Waals surface area (Å²) in [5.74, 6) is -0.139. The maximum atomic E-state index is 12.4. The number of carbonyl (C=O) groups is 2. The normalized spacial score (nSPS) is 11.2. The van der Waals surface area contributed by atoms with Gasteiger partial charge in [0.2, 0.25) is 0 Å². The Bertz CT molecular complexity index is 799. The van der Waals surface area contributed by atoms with Crippen LogP contribution in [0.15, 0.2) is 35.4 Å². The molecule has 2 aromatic rings. The number of aromatic amines is 1. The van der Waals surface area contributed by atoms with Crippen LogP contribution in [0.4, 0.5) is 0 Å². The summed E-state index contributed by atoms with van der Waals surface area (Å²) in [6.07, 6.45) is 7.99. The van der Waals surface area contributed by atoms with E-state index < -0.39 is 0 Å². The molecule has 6 heteroatoms. The molecular weight excluding hydrogens is 294 g/mol. The molecule has 2 heterocycles. The summed E-state index contributed by atoms with van der Waals surface area (Å²) in [4.78, 5) is 38.5. The van der Waals surface area contributed by atoms with Gasteiger partial charge in [-0.3, -0.25) is 9.59 Å². The van der Waals surface area contributed by atoms with Gasteiger partial charge < -0.3 is 19.7 Å². The molecule has 0 atom stereocenters. The van der Waals surface area contributed by atoms with Gasteiger partial charge in [-0.2, -0.15) is 0 Å². The van der Waals surface area contributed by atoms with Crippen molar-refractivity contribution in [3.63, 3.8) is 0 Å². The Morgan fingerprint density at radius 2 is 2.17 bits per heavy atom. The van der Waals surface area contributed by atoms with Gasteiger partial charge in [0.05, 0.1) is 5.56 Å². The molecule has 2 aromatic heterocycles. The van der Waals surface area contributed by atoms with Gasteiger partial charge >= 0.3 is 0 Å². The zero-order valence-electron chi connectivity index (χ0n) is 13.4. The molecule has 2 rings (SSSR count). The van der Waals surface area contributed by atoms with Crippen LogP contribution in [0.5, 0.6) is 0 Å². The Labute approximate surface area is 134 Å². The Hall–Kier alpha value is -2.63. The van der Waals surface area contributed by atoms with E-state index >= 15 is 0 Å². The second-order valence-corrected chi connectivity index (χ2v) is 5.40. The summed E-state index contributed by atoms with van der Waals surface area (Å²) < 4.78 is 1.50. The average molecular weight is 315 g/mol. The first-order valence-corrected chi connectivity index (χ1v) is 7.64. The fourth-order valence-electron chi connectivity index (χ4n) is 2.37. The summed E-state index contributed by atoms with van der Waals surface area (Å²) in [5.41, 5.74) is 0.718. The molecule has 0 bridgehead atoms. The zero-order chi connectivity index (χ0) is 16.8. The molecule has 6 nitrogen and oxygen atoms in total. The minimum Gasteiger partial charge on any atom is -0.357 e. The topological polar surface area (TPSA) is 84.0 Å². The number of hydrogen-bond donors (Lipinski definition) is 2. The van der Waals surface area contributed by atoms with Crippen molar-refractivity contribution in [1.29, 1.82) is 0 Å². The van der Waals surface area contributed by atoms with Crippen molar-refractivity contribution in [2.75, 3.05) is 6.54 Å². The molecule has 0 saturated heterocycles. The fourth-order valence-corrected chi connectivity index (χ4v) is 2.37. The van der Waals surface area contributed by atoms with Gasteiger partial charge in [0, 0.05) is 37.3 Å². The van der Waals surface area contributed by atoms with Crippen molar-refractivity contribution < 1.29 is 9.59 Å². The second kappa shape index (κ2) is 7.58. The number of allylic oxidation sites excluding steroid dienone is 2. The van der Waals surface area contributed by atoms with Crippen LogP contribution in [0.1, 0.15) is 37.0 Å². The molecule has 0 radical (unpaired) electrons. The predicted octanol–water partition coefficient (Wildman–Crippen LogP) is 2.00. The van der Waals surface area contributed by atoms with Crippen LogP contribution in [-0.2, 0) is 11.3 Å². The number of rotatable bonds is 7. The van der Waals surface area contributed by atoms with Crippen molar-refractivity contribution in [3.8, 4) is 0 Å². The largest absolute Gasteiger partial charge is 0.357 e. The van der Waals surface area contributed by atoms with E-state index in [0.29, 0.717) is 42.4 Å². The first-order chi connectivity index (χ1) is 11.0. The van der Waals surface area contributed by atoms with E-state index in [0.717, 1.165) is 0 Å². The molecule has 0 aromatic carbocycles. The number of Topliss-reactive ketones (excluding diaryl/α,β-unsaturated/α-hetero) is 1. The summed E-state index contributed by atoms with van der Waals surface area (Å²) in [6.45, 7) is 4.25. The van der Waals surface area contributed by atoms with Gasteiger partial charge in [-0.1, -0.05) is 12.2 Å². The molecule has 0 fully saturated rings. The third-order valence-electron chi connectivity index (χ3n) is 3.57. The lowest BCUT2D eigenvalue weighted by Gasteiger charge is -2.09. The number of pyridine rings is 1. The minimum atomic E-state index is -0.243. The lowest BCUT2D eigenvalue weighted by Crippen LogP contribution is -2.28. The molecule has 0 aliphatic rings. The first kappa shape index (κ1) is 16.7. The second-order valence-electron chi connectivity index (χ2n) is 5.40. The number of ketones is 1. The van der Waals surface area contributed by atoms with Crippen LogP contribution in [0.25, 0.3) is 10.9 Å². The van der Waals surface area contributed by atoms with Crippen molar-refractivity contribution in [2.24, 2.45) is 0 Å². The Morgan fingerprint density at radius 3 is 2.87 bits per heavy atom. The highest BCUT2D eigenvalue weighted by atomic mass is 16.2. The molecule has 0 saturated carbocycles. The Balaban J connectivity index is 2.26. The van der Waals surface area contributed by atoms with E-state index in [1.807, 2.05) is 19.1 Å². The zero-order valence-corrected chi connectivity index (χ0v) is 13.4. The van der Waals surface area contributed by atoms with Crippen molar-refractivity contribution >= 4 is 22.6 Å². The molecule has 2 N–H and O–H groups in total. The fraction of sp³-hybridized carbons (Fsp3) is 0.353. The number of fused-ring (bicyclic) bond motifs is 1. The number of hydrogen-bond acceptors (Lipinski definition) is 3. The van der Waals surface area contributed by atoms with Crippen molar-refractivity contribution in [3.05, 3.63) is 46.5 Å². The molecule has 1 amide bonds.